The van der Waals surface area contributed by atoms with Crippen molar-refractivity contribution in [3.63, 3.8) is 0 Å². The molecule has 0 radical (unpaired) electrons. The Bertz CT molecular complexity index is 739. The highest BCUT2D eigenvalue weighted by molar-refractivity contribution is 5.76. The molecule has 1 aromatic heterocycles. The van der Waals surface area contributed by atoms with E-state index in [0.717, 1.165) is 18.7 Å². The monoisotopic (exact) mass is 298 g/mol. The lowest BCUT2D eigenvalue weighted by Crippen LogP contribution is -2.54. The molecule has 2 atom stereocenters. The summed E-state index contributed by atoms with van der Waals surface area (Å²) < 4.78 is 5.65. The van der Waals surface area contributed by atoms with Crippen molar-refractivity contribution in [3.05, 3.63) is 46.3 Å². The third-order valence-corrected chi connectivity index (χ3v) is 5.19. The zero-order valence-electron chi connectivity index (χ0n) is 13.0. The normalized spacial score (nSPS) is 26.4. The quantitative estimate of drug-likeness (QED) is 0.853. The molecular weight excluding hydrogens is 276 g/mol. The largest absolute Gasteiger partial charge is 0.464 e. The lowest BCUT2D eigenvalue weighted by molar-refractivity contribution is 0.0535. The molecule has 0 aliphatic carbocycles. The predicted octanol–water partition coefficient (Wildman–Crippen LogP) is 2.46. The van der Waals surface area contributed by atoms with Crippen molar-refractivity contribution < 1.29 is 4.42 Å². The zero-order valence-corrected chi connectivity index (χ0v) is 13.0. The molecule has 0 saturated carbocycles. The number of para-hydroxylation sites is 1. The van der Waals surface area contributed by atoms with Gasteiger partial charge in [-0.25, -0.2) is 0 Å². The average molecular weight is 298 g/mol. The molecule has 4 heteroatoms. The molecule has 2 aliphatic rings. The van der Waals surface area contributed by atoms with Crippen LogP contribution in [0.15, 0.2) is 39.7 Å². The number of hydrogen-bond acceptors (Lipinski definition) is 4. The topological polar surface area (TPSA) is 36.7 Å². The van der Waals surface area contributed by atoms with Gasteiger partial charge in [-0.15, -0.1) is 0 Å². The molecule has 1 unspecified atom stereocenters. The standard InChI is InChI=1S/C18H22N2O2/c1-13-9-19-8-4-5-15(19)11-20(13)10-14-12-22-17-7-3-2-6-16(17)18(14)21/h2-3,6-7,12-13,15H,4-5,8-11H2,1H3/t13-,15?/m1/s1. The van der Waals surface area contributed by atoms with E-state index in [9.17, 15) is 4.79 Å². The molecule has 22 heavy (non-hydrogen) atoms. The van der Waals surface area contributed by atoms with E-state index in [4.69, 9.17) is 4.42 Å². The molecule has 2 aromatic rings. The van der Waals surface area contributed by atoms with Gasteiger partial charge in [0.15, 0.2) is 5.43 Å². The minimum Gasteiger partial charge on any atom is -0.464 e. The molecule has 1 aromatic carbocycles. The molecule has 2 saturated heterocycles. The number of benzene rings is 1. The van der Waals surface area contributed by atoms with Crippen molar-refractivity contribution in [2.24, 2.45) is 0 Å². The fourth-order valence-corrected chi connectivity index (χ4v) is 3.91. The van der Waals surface area contributed by atoms with Crippen molar-refractivity contribution in [1.29, 1.82) is 0 Å². The van der Waals surface area contributed by atoms with Gasteiger partial charge in [0.1, 0.15) is 5.58 Å². The number of fused-ring (bicyclic) bond motifs is 2. The number of nitrogens with zero attached hydrogens (tertiary/aromatic N) is 2. The Morgan fingerprint density at radius 1 is 1.27 bits per heavy atom. The molecule has 0 amide bonds. The van der Waals surface area contributed by atoms with Crippen molar-refractivity contribution >= 4 is 11.0 Å². The van der Waals surface area contributed by atoms with Crippen LogP contribution >= 0.6 is 0 Å². The van der Waals surface area contributed by atoms with E-state index in [1.807, 2.05) is 24.3 Å². The fraction of sp³-hybridized carbons (Fsp3) is 0.500. The summed E-state index contributed by atoms with van der Waals surface area (Å²) in [5.74, 6) is 0. The van der Waals surface area contributed by atoms with Crippen LogP contribution in [0.3, 0.4) is 0 Å². The summed E-state index contributed by atoms with van der Waals surface area (Å²) in [5, 5.41) is 0.687. The molecule has 3 heterocycles. The van der Waals surface area contributed by atoms with E-state index in [0.29, 0.717) is 29.6 Å². The average Bonchev–Trinajstić information content (AvgIpc) is 2.97. The molecular formula is C18H22N2O2. The van der Waals surface area contributed by atoms with Gasteiger partial charge in [0.25, 0.3) is 0 Å². The van der Waals surface area contributed by atoms with Gasteiger partial charge in [0.05, 0.1) is 11.6 Å². The summed E-state index contributed by atoms with van der Waals surface area (Å²) in [7, 11) is 0. The van der Waals surface area contributed by atoms with E-state index >= 15 is 0 Å². The molecule has 0 spiro atoms. The highest BCUT2D eigenvalue weighted by Gasteiger charge is 2.34. The maximum atomic E-state index is 12.6. The van der Waals surface area contributed by atoms with Gasteiger partial charge >= 0.3 is 0 Å². The minimum atomic E-state index is 0.114. The van der Waals surface area contributed by atoms with Crippen LogP contribution in [0.2, 0.25) is 0 Å². The molecule has 4 nitrogen and oxygen atoms in total. The first-order chi connectivity index (χ1) is 10.7. The Labute approximate surface area is 130 Å². The van der Waals surface area contributed by atoms with Crippen molar-refractivity contribution in [3.8, 4) is 0 Å². The SMILES string of the molecule is C[C@@H]1CN2CCCC2CN1Cc1coc2ccccc2c1=O. The molecule has 2 fully saturated rings. The first kappa shape index (κ1) is 14.0. The van der Waals surface area contributed by atoms with Crippen LogP contribution in [0, 0.1) is 0 Å². The van der Waals surface area contributed by atoms with Crippen molar-refractivity contribution in [2.75, 3.05) is 19.6 Å². The van der Waals surface area contributed by atoms with Crippen LogP contribution in [0.4, 0.5) is 0 Å². The van der Waals surface area contributed by atoms with Gasteiger partial charge in [-0.3, -0.25) is 14.6 Å². The van der Waals surface area contributed by atoms with Crippen molar-refractivity contribution in [2.45, 2.75) is 38.4 Å². The first-order valence-electron chi connectivity index (χ1n) is 8.20. The Morgan fingerprint density at radius 2 is 2.14 bits per heavy atom. The maximum Gasteiger partial charge on any atom is 0.197 e. The highest BCUT2D eigenvalue weighted by atomic mass is 16.3. The minimum absolute atomic E-state index is 0.114. The fourth-order valence-electron chi connectivity index (χ4n) is 3.91. The van der Waals surface area contributed by atoms with Crippen LogP contribution in [-0.2, 0) is 6.54 Å². The van der Waals surface area contributed by atoms with Gasteiger partial charge in [-0.2, -0.15) is 0 Å². The van der Waals surface area contributed by atoms with E-state index in [-0.39, 0.29) is 5.43 Å². The molecule has 2 aliphatic heterocycles. The van der Waals surface area contributed by atoms with Crippen LogP contribution in [0.25, 0.3) is 11.0 Å². The van der Waals surface area contributed by atoms with Crippen molar-refractivity contribution in [1.82, 2.24) is 9.80 Å². The molecule has 4 rings (SSSR count). The van der Waals surface area contributed by atoms with Crippen LogP contribution < -0.4 is 5.43 Å². The highest BCUT2D eigenvalue weighted by Crippen LogP contribution is 2.25. The lowest BCUT2D eigenvalue weighted by atomic mass is 10.1. The Balaban J connectivity index is 1.60. The van der Waals surface area contributed by atoms with Gasteiger partial charge < -0.3 is 4.42 Å². The second kappa shape index (κ2) is 5.52. The smallest absolute Gasteiger partial charge is 0.197 e. The molecule has 116 valence electrons. The first-order valence-corrected chi connectivity index (χ1v) is 8.20. The van der Waals surface area contributed by atoms with E-state index < -0.39 is 0 Å². The van der Waals surface area contributed by atoms with Crippen LogP contribution in [0.5, 0.6) is 0 Å². The second-order valence-corrected chi connectivity index (χ2v) is 6.66. The van der Waals surface area contributed by atoms with E-state index in [2.05, 4.69) is 16.7 Å². The summed E-state index contributed by atoms with van der Waals surface area (Å²) in [6.45, 7) is 6.37. The number of rotatable bonds is 2. The van der Waals surface area contributed by atoms with E-state index in [1.165, 1.54) is 19.4 Å². The second-order valence-electron chi connectivity index (χ2n) is 6.66. The van der Waals surface area contributed by atoms with Crippen LogP contribution in [-0.4, -0.2) is 41.5 Å². The zero-order chi connectivity index (χ0) is 15.1. The lowest BCUT2D eigenvalue weighted by Gasteiger charge is -2.42. The summed E-state index contributed by atoms with van der Waals surface area (Å²) >= 11 is 0. The molecule has 0 bridgehead atoms. The third-order valence-electron chi connectivity index (χ3n) is 5.19. The van der Waals surface area contributed by atoms with E-state index in [1.54, 1.807) is 6.26 Å². The Morgan fingerprint density at radius 3 is 3.05 bits per heavy atom. The maximum absolute atomic E-state index is 12.6. The van der Waals surface area contributed by atoms with Gasteiger partial charge in [0, 0.05) is 37.3 Å². The predicted molar refractivity (Wildman–Crippen MR) is 87.0 cm³/mol. The summed E-state index contributed by atoms with van der Waals surface area (Å²) in [5.41, 5.74) is 1.56. The molecule has 0 N–H and O–H groups in total. The summed E-state index contributed by atoms with van der Waals surface area (Å²) in [4.78, 5) is 17.7. The summed E-state index contributed by atoms with van der Waals surface area (Å²) in [6.07, 6.45) is 4.25. The Hall–Kier alpha value is -1.65. The van der Waals surface area contributed by atoms with Gasteiger partial charge in [-0.1, -0.05) is 12.1 Å². The summed E-state index contributed by atoms with van der Waals surface area (Å²) in [6, 6.07) is 8.64. The van der Waals surface area contributed by atoms with Crippen LogP contribution in [0.1, 0.15) is 25.3 Å². The Kier molecular flexibility index (Phi) is 3.51. The third kappa shape index (κ3) is 2.36. The number of hydrogen-bond donors (Lipinski definition) is 0. The number of piperazine rings is 1. The van der Waals surface area contributed by atoms with Gasteiger partial charge in [0.2, 0.25) is 0 Å². The van der Waals surface area contributed by atoms with Gasteiger partial charge in [-0.05, 0) is 38.4 Å².